The Morgan fingerprint density at radius 2 is 1.29 bits per heavy atom. The smallest absolute Gasteiger partial charge is 0.245 e. The number of likely N-dealkylation sites (N-methyl/N-ethyl adjacent to an activating group) is 1. The van der Waals surface area contributed by atoms with Gasteiger partial charge in [-0.05, 0) is 12.8 Å². The van der Waals surface area contributed by atoms with Crippen LogP contribution in [-0.4, -0.2) is 92.0 Å². The average molecular weight is 407 g/mol. The van der Waals surface area contributed by atoms with Crippen LogP contribution in [0.15, 0.2) is 0 Å². The quantitative estimate of drug-likeness (QED) is 0.268. The zero-order chi connectivity index (χ0) is 20.7. The number of hydrogen-bond donors (Lipinski definition) is 2. The van der Waals surface area contributed by atoms with E-state index in [4.69, 9.17) is 23.7 Å². The van der Waals surface area contributed by atoms with Gasteiger partial charge in [-0.2, -0.15) is 0 Å². The second kappa shape index (κ2) is 22.0. The molecule has 0 aromatic rings. The van der Waals surface area contributed by atoms with E-state index < -0.39 is 0 Å². The summed E-state index contributed by atoms with van der Waals surface area (Å²) in [5.74, 6) is -0.142. The summed E-state index contributed by atoms with van der Waals surface area (Å²) in [6.45, 7) is 4.90. The summed E-state index contributed by atoms with van der Waals surface area (Å²) in [6, 6.07) is 0. The monoisotopic (exact) mass is 406 g/mol. The first-order valence-electron chi connectivity index (χ1n) is 9.98. The molecule has 0 aliphatic heterocycles. The van der Waals surface area contributed by atoms with Gasteiger partial charge < -0.3 is 34.3 Å². The second-order valence-electron chi connectivity index (χ2n) is 6.07. The van der Waals surface area contributed by atoms with Crippen LogP contribution in [0.1, 0.15) is 32.1 Å². The van der Waals surface area contributed by atoms with Crippen molar-refractivity contribution in [2.45, 2.75) is 32.1 Å². The van der Waals surface area contributed by atoms with E-state index in [0.29, 0.717) is 65.8 Å². The van der Waals surface area contributed by atoms with Gasteiger partial charge in [0.25, 0.3) is 0 Å². The van der Waals surface area contributed by atoms with Gasteiger partial charge in [-0.1, -0.05) is 12.8 Å². The number of rotatable bonds is 21. The fraction of sp³-hybridized carbons (Fsp3) is 0.895. The molecule has 0 spiro atoms. The van der Waals surface area contributed by atoms with Crippen LogP contribution in [0.2, 0.25) is 0 Å². The molecular formula is C19H38N2O7. The molecular weight excluding hydrogens is 368 g/mol. The summed E-state index contributed by atoms with van der Waals surface area (Å²) in [7, 11) is 3.22. The highest BCUT2D eigenvalue weighted by atomic mass is 16.5. The van der Waals surface area contributed by atoms with E-state index in [1.54, 1.807) is 14.2 Å². The normalized spacial score (nSPS) is 10.8. The van der Waals surface area contributed by atoms with Gasteiger partial charge in [0, 0.05) is 40.3 Å². The minimum atomic E-state index is -0.101. The molecule has 0 saturated carbocycles. The number of nitrogens with one attached hydrogen (secondary N) is 2. The van der Waals surface area contributed by atoms with Gasteiger partial charge in [0.15, 0.2) is 0 Å². The third kappa shape index (κ3) is 21.0. The molecule has 0 aliphatic carbocycles. The standard InChI is InChI=1S/C19H38N2O7/c1-20-19(23)17-28-10-6-4-3-5-9-25-12-8-21-18(22)7-11-26-15-16-27-14-13-24-2/h3-17H2,1-2H3,(H,20,23)(H,21,22). The van der Waals surface area contributed by atoms with Gasteiger partial charge in [-0.3, -0.25) is 9.59 Å². The lowest BCUT2D eigenvalue weighted by Crippen LogP contribution is -2.28. The number of methoxy groups -OCH3 is 1. The maximum absolute atomic E-state index is 11.6. The first-order valence-corrected chi connectivity index (χ1v) is 9.98. The van der Waals surface area contributed by atoms with Crippen LogP contribution in [0.4, 0.5) is 0 Å². The summed E-state index contributed by atoms with van der Waals surface area (Å²) < 4.78 is 26.1. The maximum Gasteiger partial charge on any atom is 0.245 e. The Morgan fingerprint density at radius 3 is 1.96 bits per heavy atom. The molecule has 0 aromatic carbocycles. The Balaban J connectivity index is 3.17. The van der Waals surface area contributed by atoms with E-state index in [2.05, 4.69) is 10.6 Å². The lowest BCUT2D eigenvalue weighted by molar-refractivity contribution is -0.125. The van der Waals surface area contributed by atoms with Crippen LogP contribution in [0.5, 0.6) is 0 Å². The lowest BCUT2D eigenvalue weighted by Gasteiger charge is -2.08. The van der Waals surface area contributed by atoms with Crippen molar-refractivity contribution in [2.24, 2.45) is 0 Å². The Kier molecular flexibility index (Phi) is 21.0. The summed E-state index contributed by atoms with van der Waals surface area (Å²) in [6.07, 6.45) is 4.35. The molecule has 9 nitrogen and oxygen atoms in total. The molecule has 0 heterocycles. The number of carbonyl (C=O) groups is 2. The van der Waals surface area contributed by atoms with Crippen molar-refractivity contribution in [3.63, 3.8) is 0 Å². The van der Waals surface area contributed by atoms with Crippen molar-refractivity contribution >= 4 is 11.8 Å². The third-order valence-electron chi connectivity index (χ3n) is 3.69. The molecule has 0 rings (SSSR count). The molecule has 9 heteroatoms. The van der Waals surface area contributed by atoms with Crippen LogP contribution < -0.4 is 10.6 Å². The van der Waals surface area contributed by atoms with Gasteiger partial charge >= 0.3 is 0 Å². The van der Waals surface area contributed by atoms with E-state index in [-0.39, 0.29) is 18.4 Å². The van der Waals surface area contributed by atoms with Gasteiger partial charge in [0.1, 0.15) is 6.61 Å². The van der Waals surface area contributed by atoms with Crippen molar-refractivity contribution in [3.05, 3.63) is 0 Å². The molecule has 28 heavy (non-hydrogen) atoms. The van der Waals surface area contributed by atoms with Crippen LogP contribution in [0, 0.1) is 0 Å². The van der Waals surface area contributed by atoms with Crippen molar-refractivity contribution in [2.75, 3.05) is 80.2 Å². The number of amides is 2. The molecule has 0 unspecified atom stereocenters. The Bertz CT molecular complexity index is 370. The molecule has 2 N–H and O–H groups in total. The molecule has 0 aliphatic rings. The number of hydrogen-bond acceptors (Lipinski definition) is 7. The largest absolute Gasteiger partial charge is 0.382 e. The fourth-order valence-electron chi connectivity index (χ4n) is 2.08. The van der Waals surface area contributed by atoms with Crippen molar-refractivity contribution in [1.82, 2.24) is 10.6 Å². The molecule has 0 saturated heterocycles. The number of carbonyl (C=O) groups excluding carboxylic acids is 2. The van der Waals surface area contributed by atoms with Gasteiger partial charge in [-0.15, -0.1) is 0 Å². The van der Waals surface area contributed by atoms with Crippen LogP contribution in [0.3, 0.4) is 0 Å². The van der Waals surface area contributed by atoms with Crippen LogP contribution in [-0.2, 0) is 33.3 Å². The van der Waals surface area contributed by atoms with Gasteiger partial charge in [0.2, 0.25) is 11.8 Å². The van der Waals surface area contributed by atoms with Crippen LogP contribution in [0.25, 0.3) is 0 Å². The number of ether oxygens (including phenoxy) is 5. The molecule has 166 valence electrons. The molecule has 0 atom stereocenters. The SMILES string of the molecule is CNC(=O)COCCCCCCOCCNC(=O)CCOCCOCCOC. The van der Waals surface area contributed by atoms with E-state index >= 15 is 0 Å². The summed E-state index contributed by atoms with van der Waals surface area (Å²) >= 11 is 0. The minimum absolute atomic E-state index is 0.0411. The average Bonchev–Trinajstić information content (AvgIpc) is 2.70. The highest BCUT2D eigenvalue weighted by Crippen LogP contribution is 2.00. The Morgan fingerprint density at radius 1 is 0.679 bits per heavy atom. The summed E-state index contributed by atoms with van der Waals surface area (Å²) in [4.78, 5) is 22.5. The van der Waals surface area contributed by atoms with Gasteiger partial charge in [-0.25, -0.2) is 0 Å². The predicted molar refractivity (Wildman–Crippen MR) is 105 cm³/mol. The predicted octanol–water partition coefficient (Wildman–Crippen LogP) is 0.512. The third-order valence-corrected chi connectivity index (χ3v) is 3.69. The van der Waals surface area contributed by atoms with E-state index in [1.807, 2.05) is 0 Å². The van der Waals surface area contributed by atoms with Gasteiger partial charge in [0.05, 0.1) is 39.6 Å². The highest BCUT2D eigenvalue weighted by Gasteiger charge is 2.01. The lowest BCUT2D eigenvalue weighted by atomic mass is 10.2. The summed E-state index contributed by atoms with van der Waals surface area (Å²) in [5, 5.41) is 5.31. The van der Waals surface area contributed by atoms with Crippen molar-refractivity contribution in [3.8, 4) is 0 Å². The zero-order valence-electron chi connectivity index (χ0n) is 17.5. The van der Waals surface area contributed by atoms with E-state index in [0.717, 1.165) is 25.7 Å². The highest BCUT2D eigenvalue weighted by molar-refractivity contribution is 5.76. The zero-order valence-corrected chi connectivity index (χ0v) is 17.5. The summed E-state index contributed by atoms with van der Waals surface area (Å²) in [5.41, 5.74) is 0. The first kappa shape index (κ1) is 26.7. The molecule has 2 amide bonds. The van der Waals surface area contributed by atoms with Crippen LogP contribution >= 0.6 is 0 Å². The molecule has 0 radical (unpaired) electrons. The Labute approximate surface area is 168 Å². The molecule has 0 aromatic heterocycles. The first-order chi connectivity index (χ1) is 13.7. The van der Waals surface area contributed by atoms with Crippen molar-refractivity contribution < 1.29 is 33.3 Å². The maximum atomic E-state index is 11.6. The fourth-order valence-corrected chi connectivity index (χ4v) is 2.08. The molecule has 0 fully saturated rings. The topological polar surface area (TPSA) is 104 Å². The van der Waals surface area contributed by atoms with Crippen molar-refractivity contribution in [1.29, 1.82) is 0 Å². The van der Waals surface area contributed by atoms with E-state index in [1.165, 1.54) is 0 Å². The Hall–Kier alpha value is -1.26. The minimum Gasteiger partial charge on any atom is -0.382 e. The second-order valence-corrected chi connectivity index (χ2v) is 6.07. The number of unbranched alkanes of at least 4 members (excludes halogenated alkanes) is 3. The van der Waals surface area contributed by atoms with E-state index in [9.17, 15) is 9.59 Å². The molecule has 0 bridgehead atoms.